The SMILES string of the molecule is Cc1c(O)c(CO)c(CO)c[n+]1C.[Cl-]. The van der Waals surface area contributed by atoms with Gasteiger partial charge in [-0.25, -0.2) is 4.57 Å². The lowest BCUT2D eigenvalue weighted by Crippen LogP contribution is -3.00. The van der Waals surface area contributed by atoms with Crippen LogP contribution in [0.3, 0.4) is 0 Å². The van der Waals surface area contributed by atoms with Crippen molar-refractivity contribution in [2.75, 3.05) is 0 Å². The van der Waals surface area contributed by atoms with Crippen LogP contribution in [0.5, 0.6) is 5.75 Å². The number of nitrogens with zero attached hydrogens (tertiary/aromatic N) is 1. The van der Waals surface area contributed by atoms with Crippen LogP contribution in [0.2, 0.25) is 0 Å². The lowest BCUT2D eigenvalue weighted by atomic mass is 10.1. The van der Waals surface area contributed by atoms with E-state index in [4.69, 9.17) is 10.2 Å². The molecule has 4 nitrogen and oxygen atoms in total. The van der Waals surface area contributed by atoms with Crippen LogP contribution in [-0.2, 0) is 20.3 Å². The fourth-order valence-electron chi connectivity index (χ4n) is 1.26. The third-order valence-electron chi connectivity index (χ3n) is 2.22. The quantitative estimate of drug-likeness (QED) is 0.453. The first kappa shape index (κ1) is 13.2. The third kappa shape index (κ3) is 2.15. The first-order chi connectivity index (χ1) is 6.11. The maximum Gasteiger partial charge on any atom is 0.220 e. The number of rotatable bonds is 2. The van der Waals surface area contributed by atoms with Gasteiger partial charge in [0.1, 0.15) is 7.05 Å². The van der Waals surface area contributed by atoms with Gasteiger partial charge in [-0.05, 0) is 0 Å². The van der Waals surface area contributed by atoms with Gasteiger partial charge in [0.25, 0.3) is 0 Å². The Labute approximate surface area is 88.9 Å². The van der Waals surface area contributed by atoms with Crippen molar-refractivity contribution >= 4 is 0 Å². The van der Waals surface area contributed by atoms with E-state index >= 15 is 0 Å². The van der Waals surface area contributed by atoms with Crippen LogP contribution in [-0.4, -0.2) is 15.3 Å². The largest absolute Gasteiger partial charge is 1.00 e. The van der Waals surface area contributed by atoms with Gasteiger partial charge in [-0.3, -0.25) is 0 Å². The number of aryl methyl sites for hydroxylation is 1. The van der Waals surface area contributed by atoms with Gasteiger partial charge >= 0.3 is 0 Å². The molecule has 0 atom stereocenters. The maximum absolute atomic E-state index is 9.60. The minimum atomic E-state index is -0.261. The number of aromatic hydroxyl groups is 1. The first-order valence-corrected chi connectivity index (χ1v) is 4.03. The van der Waals surface area contributed by atoms with E-state index in [1.165, 1.54) is 0 Å². The van der Waals surface area contributed by atoms with Crippen LogP contribution in [0.4, 0.5) is 0 Å². The molecule has 0 aliphatic rings. The molecule has 0 aliphatic carbocycles. The summed E-state index contributed by atoms with van der Waals surface area (Å²) in [6, 6.07) is 0. The number of aromatic nitrogens is 1. The van der Waals surface area contributed by atoms with Crippen LogP contribution < -0.4 is 17.0 Å². The molecule has 0 aliphatic heterocycles. The van der Waals surface area contributed by atoms with Crippen molar-refractivity contribution in [1.82, 2.24) is 0 Å². The van der Waals surface area contributed by atoms with Crippen molar-refractivity contribution < 1.29 is 32.3 Å². The summed E-state index contributed by atoms with van der Waals surface area (Å²) in [5, 5.41) is 27.5. The fraction of sp³-hybridized carbons (Fsp3) is 0.444. The summed E-state index contributed by atoms with van der Waals surface area (Å²) < 4.78 is 1.71. The molecule has 0 fully saturated rings. The van der Waals surface area contributed by atoms with Crippen LogP contribution in [0, 0.1) is 6.92 Å². The highest BCUT2D eigenvalue weighted by molar-refractivity contribution is 5.37. The van der Waals surface area contributed by atoms with Gasteiger partial charge in [0, 0.05) is 12.5 Å². The highest BCUT2D eigenvalue weighted by atomic mass is 35.5. The van der Waals surface area contributed by atoms with E-state index in [1.807, 2.05) is 0 Å². The second-order valence-corrected chi connectivity index (χ2v) is 2.99. The molecular weight excluding hydrogens is 206 g/mol. The molecule has 14 heavy (non-hydrogen) atoms. The van der Waals surface area contributed by atoms with Crippen molar-refractivity contribution in [2.24, 2.45) is 7.05 Å². The summed E-state index contributed by atoms with van der Waals surface area (Å²) >= 11 is 0. The van der Waals surface area contributed by atoms with Crippen molar-refractivity contribution in [1.29, 1.82) is 0 Å². The van der Waals surface area contributed by atoms with Crippen LogP contribution in [0.1, 0.15) is 16.8 Å². The number of aliphatic hydroxyl groups excluding tert-OH is 2. The van der Waals surface area contributed by atoms with Crippen molar-refractivity contribution in [3.63, 3.8) is 0 Å². The Morgan fingerprint density at radius 1 is 1.29 bits per heavy atom. The summed E-state index contributed by atoms with van der Waals surface area (Å²) in [4.78, 5) is 0. The van der Waals surface area contributed by atoms with Gasteiger partial charge < -0.3 is 27.7 Å². The predicted octanol–water partition coefficient (Wildman–Crippen LogP) is -3.49. The van der Waals surface area contributed by atoms with Crippen LogP contribution in [0.15, 0.2) is 6.20 Å². The zero-order valence-corrected chi connectivity index (χ0v) is 8.91. The molecule has 1 heterocycles. The molecule has 0 aromatic carbocycles. The van der Waals surface area contributed by atoms with E-state index in [0.29, 0.717) is 16.8 Å². The molecule has 5 heteroatoms. The second-order valence-electron chi connectivity index (χ2n) is 2.99. The molecular formula is C9H14ClNO3. The van der Waals surface area contributed by atoms with Crippen molar-refractivity contribution in [3.05, 3.63) is 23.0 Å². The highest BCUT2D eigenvalue weighted by Gasteiger charge is 2.17. The average Bonchev–Trinajstić information content (AvgIpc) is 2.13. The summed E-state index contributed by atoms with van der Waals surface area (Å²) in [6.07, 6.45) is 1.70. The van der Waals surface area contributed by atoms with Gasteiger partial charge in [0.2, 0.25) is 5.69 Å². The normalized spacial score (nSPS) is 9.71. The van der Waals surface area contributed by atoms with Crippen molar-refractivity contribution in [2.45, 2.75) is 20.1 Å². The van der Waals surface area contributed by atoms with Crippen LogP contribution in [0.25, 0.3) is 0 Å². The zero-order chi connectivity index (χ0) is 10.0. The Morgan fingerprint density at radius 3 is 2.29 bits per heavy atom. The average molecular weight is 220 g/mol. The summed E-state index contributed by atoms with van der Waals surface area (Å²) in [7, 11) is 1.77. The topological polar surface area (TPSA) is 64.6 Å². The summed E-state index contributed by atoms with van der Waals surface area (Å²) in [6.45, 7) is 1.30. The Hall–Kier alpha value is -0.840. The monoisotopic (exact) mass is 219 g/mol. The van der Waals surface area contributed by atoms with E-state index in [9.17, 15) is 5.11 Å². The van der Waals surface area contributed by atoms with E-state index in [2.05, 4.69) is 0 Å². The molecule has 0 saturated heterocycles. The zero-order valence-electron chi connectivity index (χ0n) is 8.16. The molecule has 0 unspecified atom stereocenters. The molecule has 1 aromatic heterocycles. The van der Waals surface area contributed by atoms with Gasteiger partial charge in [-0.15, -0.1) is 0 Å². The lowest BCUT2D eigenvalue weighted by Gasteiger charge is -2.07. The van der Waals surface area contributed by atoms with E-state index in [-0.39, 0.29) is 31.4 Å². The summed E-state index contributed by atoms with van der Waals surface area (Å²) in [5.41, 5.74) is 1.62. The number of hydrogen-bond donors (Lipinski definition) is 3. The molecule has 80 valence electrons. The smallest absolute Gasteiger partial charge is 0.220 e. The van der Waals surface area contributed by atoms with Gasteiger partial charge in [-0.2, -0.15) is 0 Å². The molecule has 0 amide bonds. The molecule has 3 N–H and O–H groups in total. The Kier molecular flexibility index (Phi) is 4.83. The Bertz CT molecular complexity index is 328. The minimum absolute atomic E-state index is 0. The second kappa shape index (κ2) is 5.14. The Morgan fingerprint density at radius 2 is 1.86 bits per heavy atom. The lowest BCUT2D eigenvalue weighted by molar-refractivity contribution is -0.678. The molecule has 0 saturated carbocycles. The van der Waals surface area contributed by atoms with Crippen molar-refractivity contribution in [3.8, 4) is 5.75 Å². The molecule has 0 radical (unpaired) electrons. The van der Waals surface area contributed by atoms with E-state index < -0.39 is 0 Å². The minimum Gasteiger partial charge on any atom is -1.00 e. The molecule has 0 bridgehead atoms. The standard InChI is InChI=1S/C9H13NO3.ClH/c1-6-9(13)8(5-12)7(4-11)3-10(6)2;/h3,11-12H,4-5H2,1-2H3;1H. The molecule has 0 spiro atoms. The Balaban J connectivity index is 0.00000169. The molecule has 1 aromatic rings. The number of pyridine rings is 1. The number of aliphatic hydroxyl groups is 2. The highest BCUT2D eigenvalue weighted by Crippen LogP contribution is 2.22. The van der Waals surface area contributed by atoms with Gasteiger partial charge in [0.15, 0.2) is 11.9 Å². The van der Waals surface area contributed by atoms with E-state index in [1.54, 1.807) is 24.7 Å². The van der Waals surface area contributed by atoms with E-state index in [0.717, 1.165) is 0 Å². The number of halogens is 1. The molecule has 1 rings (SSSR count). The first-order valence-electron chi connectivity index (χ1n) is 4.03. The van der Waals surface area contributed by atoms with Gasteiger partial charge in [-0.1, -0.05) is 0 Å². The van der Waals surface area contributed by atoms with Gasteiger partial charge in [0.05, 0.1) is 18.8 Å². The maximum atomic E-state index is 9.60. The number of hydrogen-bond acceptors (Lipinski definition) is 3. The van der Waals surface area contributed by atoms with Crippen LogP contribution >= 0.6 is 0 Å². The third-order valence-corrected chi connectivity index (χ3v) is 2.22. The summed E-state index contributed by atoms with van der Waals surface area (Å²) in [5.74, 6) is 0.0524. The predicted molar refractivity (Wildman–Crippen MR) is 45.9 cm³/mol. The fourth-order valence-corrected chi connectivity index (χ4v) is 1.26.